The molecule has 0 aliphatic rings. The van der Waals surface area contributed by atoms with Gasteiger partial charge in [0.25, 0.3) is 0 Å². The molecule has 2 aromatic rings. The third-order valence-corrected chi connectivity index (χ3v) is 3.02. The van der Waals surface area contributed by atoms with Gasteiger partial charge < -0.3 is 0 Å². The van der Waals surface area contributed by atoms with Gasteiger partial charge in [-0.25, -0.2) is 0 Å². The number of rotatable bonds is 4. The minimum absolute atomic E-state index is 0.0184. The number of hydrogen-bond donors (Lipinski definition) is 0. The number of ketones is 1. The maximum absolute atomic E-state index is 12.0. The van der Waals surface area contributed by atoms with Gasteiger partial charge in [0.05, 0.1) is 11.8 Å². The zero-order valence-corrected chi connectivity index (χ0v) is 11.5. The number of benzene rings is 1. The quantitative estimate of drug-likeness (QED) is 0.616. The van der Waals surface area contributed by atoms with Crippen molar-refractivity contribution >= 4 is 11.9 Å². The molecule has 1 aromatic carbocycles. The summed E-state index contributed by atoms with van der Waals surface area (Å²) in [6.45, 7) is 6.09. The molecular formula is C16H18N2O. The molecule has 0 unspecified atom stereocenters. The lowest BCUT2D eigenvalue weighted by Gasteiger charge is -2.02. The Labute approximate surface area is 113 Å². The van der Waals surface area contributed by atoms with Gasteiger partial charge in [0.1, 0.15) is 0 Å². The van der Waals surface area contributed by atoms with E-state index >= 15 is 0 Å². The van der Waals surface area contributed by atoms with E-state index in [1.165, 1.54) is 0 Å². The molecule has 3 heteroatoms. The molecule has 0 bridgehead atoms. The van der Waals surface area contributed by atoms with E-state index in [4.69, 9.17) is 0 Å². The molecule has 0 saturated carbocycles. The van der Waals surface area contributed by atoms with Crippen molar-refractivity contribution in [2.75, 3.05) is 0 Å². The molecule has 0 saturated heterocycles. The van der Waals surface area contributed by atoms with Crippen LogP contribution >= 0.6 is 0 Å². The highest BCUT2D eigenvalue weighted by Gasteiger charge is 2.07. The molecule has 0 radical (unpaired) electrons. The van der Waals surface area contributed by atoms with Crippen molar-refractivity contribution in [2.24, 2.45) is 0 Å². The van der Waals surface area contributed by atoms with Crippen molar-refractivity contribution in [3.8, 4) is 0 Å². The second-order valence-corrected chi connectivity index (χ2v) is 4.86. The van der Waals surface area contributed by atoms with Crippen LogP contribution in [0.5, 0.6) is 0 Å². The summed E-state index contributed by atoms with van der Waals surface area (Å²) in [4.78, 5) is 12.0. The van der Waals surface area contributed by atoms with Gasteiger partial charge in [-0.3, -0.25) is 9.48 Å². The Morgan fingerprint density at radius 2 is 2.05 bits per heavy atom. The van der Waals surface area contributed by atoms with Crippen LogP contribution < -0.4 is 0 Å². The minimum Gasteiger partial charge on any atom is -0.289 e. The lowest BCUT2D eigenvalue weighted by atomic mass is 10.1. The van der Waals surface area contributed by atoms with Crippen LogP contribution in [-0.2, 0) is 0 Å². The maximum atomic E-state index is 12.0. The van der Waals surface area contributed by atoms with Gasteiger partial charge in [0, 0.05) is 12.2 Å². The van der Waals surface area contributed by atoms with E-state index < -0.39 is 0 Å². The summed E-state index contributed by atoms with van der Waals surface area (Å²) in [5, 5.41) is 4.17. The lowest BCUT2D eigenvalue weighted by molar-refractivity contribution is 0.104. The van der Waals surface area contributed by atoms with Gasteiger partial charge in [-0.2, -0.15) is 5.10 Å². The minimum atomic E-state index is -0.0184. The van der Waals surface area contributed by atoms with E-state index in [0.29, 0.717) is 5.56 Å². The standard InChI is InChI=1S/C16H18N2O/c1-12(2)18-11-15(10-17-18)16(19)9-8-14-7-5-4-6-13(14)3/h4-12H,1-3H3. The Kier molecular flexibility index (Phi) is 3.95. The van der Waals surface area contributed by atoms with Crippen LogP contribution in [-0.4, -0.2) is 15.6 Å². The molecule has 19 heavy (non-hydrogen) atoms. The fourth-order valence-electron chi connectivity index (χ4n) is 1.78. The van der Waals surface area contributed by atoms with Crippen LogP contribution in [0.1, 0.15) is 41.4 Å². The number of hydrogen-bond acceptors (Lipinski definition) is 2. The summed E-state index contributed by atoms with van der Waals surface area (Å²) in [7, 11) is 0. The van der Waals surface area contributed by atoms with Crippen LogP contribution in [0.2, 0.25) is 0 Å². The summed E-state index contributed by atoms with van der Waals surface area (Å²) in [6.07, 6.45) is 6.86. The van der Waals surface area contributed by atoms with Crippen molar-refractivity contribution in [1.29, 1.82) is 0 Å². The van der Waals surface area contributed by atoms with Crippen molar-refractivity contribution in [1.82, 2.24) is 9.78 Å². The Bertz CT molecular complexity index is 609. The molecule has 0 aliphatic heterocycles. The summed E-state index contributed by atoms with van der Waals surface area (Å²) in [6, 6.07) is 8.24. The van der Waals surface area contributed by atoms with E-state index in [2.05, 4.69) is 5.10 Å². The van der Waals surface area contributed by atoms with Crippen molar-refractivity contribution in [3.63, 3.8) is 0 Å². The van der Waals surface area contributed by atoms with Crippen molar-refractivity contribution in [2.45, 2.75) is 26.8 Å². The number of allylic oxidation sites excluding steroid dienone is 1. The molecule has 98 valence electrons. The van der Waals surface area contributed by atoms with Crippen molar-refractivity contribution in [3.05, 3.63) is 59.4 Å². The molecule has 1 heterocycles. The second-order valence-electron chi connectivity index (χ2n) is 4.86. The first-order valence-corrected chi connectivity index (χ1v) is 6.40. The highest BCUT2D eigenvalue weighted by Crippen LogP contribution is 2.11. The largest absolute Gasteiger partial charge is 0.289 e. The highest BCUT2D eigenvalue weighted by atomic mass is 16.1. The monoisotopic (exact) mass is 254 g/mol. The number of carbonyl (C=O) groups is 1. The Balaban J connectivity index is 2.14. The summed E-state index contributed by atoms with van der Waals surface area (Å²) >= 11 is 0. The SMILES string of the molecule is Cc1ccccc1C=CC(=O)c1cnn(C(C)C)c1. The van der Waals surface area contributed by atoms with E-state index in [0.717, 1.165) is 11.1 Å². The average molecular weight is 254 g/mol. The van der Waals surface area contributed by atoms with Gasteiger partial charge in [-0.15, -0.1) is 0 Å². The van der Waals surface area contributed by atoms with Crippen LogP contribution in [0.4, 0.5) is 0 Å². The molecule has 0 amide bonds. The predicted octanol–water partition coefficient (Wildman–Crippen LogP) is 3.67. The smallest absolute Gasteiger partial charge is 0.189 e. The second kappa shape index (κ2) is 5.65. The van der Waals surface area contributed by atoms with Crippen LogP contribution in [0, 0.1) is 6.92 Å². The van der Waals surface area contributed by atoms with Crippen molar-refractivity contribution < 1.29 is 4.79 Å². The number of carbonyl (C=O) groups excluding carboxylic acids is 1. The zero-order valence-electron chi connectivity index (χ0n) is 11.5. The molecule has 3 nitrogen and oxygen atoms in total. The molecule has 2 rings (SSSR count). The van der Waals surface area contributed by atoms with E-state index in [-0.39, 0.29) is 11.8 Å². The predicted molar refractivity (Wildman–Crippen MR) is 77.2 cm³/mol. The fourth-order valence-corrected chi connectivity index (χ4v) is 1.78. The fraction of sp³-hybridized carbons (Fsp3) is 0.250. The average Bonchev–Trinajstić information content (AvgIpc) is 2.87. The van der Waals surface area contributed by atoms with E-state index in [1.807, 2.05) is 51.1 Å². The van der Waals surface area contributed by atoms with Gasteiger partial charge in [-0.05, 0) is 38.0 Å². The van der Waals surface area contributed by atoms with Gasteiger partial charge in [-0.1, -0.05) is 30.3 Å². The molecule has 0 N–H and O–H groups in total. The van der Waals surface area contributed by atoms with Gasteiger partial charge in [0.2, 0.25) is 0 Å². The first-order valence-electron chi connectivity index (χ1n) is 6.40. The Morgan fingerprint density at radius 1 is 1.32 bits per heavy atom. The summed E-state index contributed by atoms with van der Waals surface area (Å²) < 4.78 is 1.79. The van der Waals surface area contributed by atoms with Crippen LogP contribution in [0.25, 0.3) is 6.08 Å². The van der Waals surface area contributed by atoms with E-state index in [9.17, 15) is 4.79 Å². The first kappa shape index (κ1) is 13.3. The van der Waals surface area contributed by atoms with Crippen LogP contribution in [0.15, 0.2) is 42.7 Å². The lowest BCUT2D eigenvalue weighted by Crippen LogP contribution is -2.00. The zero-order chi connectivity index (χ0) is 13.8. The van der Waals surface area contributed by atoms with Crippen LogP contribution in [0.3, 0.4) is 0 Å². The maximum Gasteiger partial charge on any atom is 0.189 e. The van der Waals surface area contributed by atoms with E-state index in [1.54, 1.807) is 23.2 Å². The molecular weight excluding hydrogens is 236 g/mol. The molecule has 0 aliphatic carbocycles. The topological polar surface area (TPSA) is 34.9 Å². The molecule has 0 atom stereocenters. The summed E-state index contributed by atoms with van der Waals surface area (Å²) in [5.41, 5.74) is 2.84. The number of nitrogens with zero attached hydrogens (tertiary/aromatic N) is 2. The molecule has 0 spiro atoms. The third kappa shape index (κ3) is 3.19. The Morgan fingerprint density at radius 3 is 2.68 bits per heavy atom. The highest BCUT2D eigenvalue weighted by molar-refractivity contribution is 6.06. The van der Waals surface area contributed by atoms with Gasteiger partial charge >= 0.3 is 0 Å². The molecule has 0 fully saturated rings. The normalized spacial score (nSPS) is 11.4. The third-order valence-electron chi connectivity index (χ3n) is 3.02. The molecule has 1 aromatic heterocycles. The van der Waals surface area contributed by atoms with Gasteiger partial charge in [0.15, 0.2) is 5.78 Å². The Hall–Kier alpha value is -2.16. The first-order chi connectivity index (χ1) is 9.08. The summed E-state index contributed by atoms with van der Waals surface area (Å²) in [5.74, 6) is -0.0184. The number of aromatic nitrogens is 2. The number of aryl methyl sites for hydroxylation is 1.